The summed E-state index contributed by atoms with van der Waals surface area (Å²) in [6.07, 6.45) is -2.42. The lowest BCUT2D eigenvalue weighted by molar-refractivity contribution is 0.137. The molecule has 1 atom stereocenters. The molecule has 0 saturated carbocycles. The number of rotatable bonds is 1. The predicted octanol–water partition coefficient (Wildman–Crippen LogP) is -0.990. The van der Waals surface area contributed by atoms with Crippen LogP contribution < -0.4 is 11.3 Å². The van der Waals surface area contributed by atoms with Crippen molar-refractivity contribution >= 4 is 6.16 Å². The predicted molar refractivity (Wildman–Crippen MR) is 29.7 cm³/mol. The standard InChI is InChI=1S/C2H8N2O.CH2O3/c1-2(5)4-3;2-1(3)4/h2,4-5H,3H2,1H3;(H2,2,3,4). The average molecular weight is 138 g/mol. The van der Waals surface area contributed by atoms with Crippen LogP contribution >= 0.6 is 0 Å². The van der Waals surface area contributed by atoms with E-state index < -0.39 is 12.4 Å². The first-order chi connectivity index (χ1) is 4.00. The molecule has 0 aliphatic heterocycles. The van der Waals surface area contributed by atoms with E-state index in [1.54, 1.807) is 6.92 Å². The number of nitrogens with one attached hydrogen (secondary N) is 1. The molecule has 1 unspecified atom stereocenters. The van der Waals surface area contributed by atoms with Crippen LogP contribution in [0.25, 0.3) is 0 Å². The van der Waals surface area contributed by atoms with E-state index in [4.69, 9.17) is 20.1 Å². The van der Waals surface area contributed by atoms with Crippen LogP contribution in [0.15, 0.2) is 0 Å². The molecule has 0 aromatic rings. The summed E-state index contributed by atoms with van der Waals surface area (Å²) < 4.78 is 0. The lowest BCUT2D eigenvalue weighted by Gasteiger charge is -1.94. The fourth-order valence-electron chi connectivity index (χ4n) is 0. The highest BCUT2D eigenvalue weighted by atomic mass is 16.6. The van der Waals surface area contributed by atoms with Crippen molar-refractivity contribution in [2.75, 3.05) is 0 Å². The maximum Gasteiger partial charge on any atom is 0.503 e. The summed E-state index contributed by atoms with van der Waals surface area (Å²) in [5.41, 5.74) is 2.08. The number of nitrogens with two attached hydrogens (primary N) is 1. The lowest BCUT2D eigenvalue weighted by Crippen LogP contribution is -2.31. The Hall–Kier alpha value is -0.850. The lowest BCUT2D eigenvalue weighted by atomic mass is 10.7. The van der Waals surface area contributed by atoms with Gasteiger partial charge in [0.1, 0.15) is 6.23 Å². The van der Waals surface area contributed by atoms with Gasteiger partial charge in [0.15, 0.2) is 0 Å². The largest absolute Gasteiger partial charge is 0.503 e. The summed E-state index contributed by atoms with van der Waals surface area (Å²) in [5, 5.41) is 22.1. The topological polar surface area (TPSA) is 116 Å². The van der Waals surface area contributed by atoms with Crippen molar-refractivity contribution in [3.05, 3.63) is 0 Å². The third-order valence-corrected chi connectivity index (χ3v) is 0.241. The molecule has 6 N–H and O–H groups in total. The zero-order valence-electron chi connectivity index (χ0n) is 4.90. The van der Waals surface area contributed by atoms with Crippen LogP contribution in [0.3, 0.4) is 0 Å². The van der Waals surface area contributed by atoms with Gasteiger partial charge in [0.2, 0.25) is 0 Å². The van der Waals surface area contributed by atoms with Gasteiger partial charge in [-0.1, -0.05) is 0 Å². The Morgan fingerprint density at radius 3 is 1.78 bits per heavy atom. The molecule has 6 nitrogen and oxygen atoms in total. The number of aliphatic hydroxyl groups excluding tert-OH is 1. The molecule has 56 valence electrons. The van der Waals surface area contributed by atoms with Crippen LogP contribution in [0.1, 0.15) is 6.92 Å². The van der Waals surface area contributed by atoms with E-state index in [9.17, 15) is 0 Å². The van der Waals surface area contributed by atoms with Gasteiger partial charge >= 0.3 is 6.16 Å². The molecule has 0 heterocycles. The average Bonchev–Trinajstić information content (AvgIpc) is 1.65. The molecule has 0 radical (unpaired) electrons. The first-order valence-corrected chi connectivity index (χ1v) is 2.06. The smallest absolute Gasteiger partial charge is 0.450 e. The molecule has 0 rings (SSSR count). The van der Waals surface area contributed by atoms with E-state index in [2.05, 4.69) is 11.3 Å². The first kappa shape index (κ1) is 11.0. The number of carbonyl (C=O) groups is 1. The van der Waals surface area contributed by atoms with Gasteiger partial charge in [0.05, 0.1) is 0 Å². The van der Waals surface area contributed by atoms with Crippen molar-refractivity contribution in [3.8, 4) is 0 Å². The van der Waals surface area contributed by atoms with Crippen molar-refractivity contribution in [1.29, 1.82) is 0 Å². The molecular weight excluding hydrogens is 128 g/mol. The Kier molecular flexibility index (Phi) is 8.75. The molecule has 0 bridgehead atoms. The van der Waals surface area contributed by atoms with Gasteiger partial charge in [-0.25, -0.2) is 10.2 Å². The van der Waals surface area contributed by atoms with Gasteiger partial charge in [-0.15, -0.1) is 0 Å². The molecule has 0 aromatic heterocycles. The van der Waals surface area contributed by atoms with E-state index in [1.165, 1.54) is 0 Å². The second-order valence-corrected chi connectivity index (χ2v) is 1.13. The zero-order chi connectivity index (χ0) is 7.86. The van der Waals surface area contributed by atoms with Gasteiger partial charge in [-0.05, 0) is 6.92 Å². The highest BCUT2D eigenvalue weighted by molar-refractivity contribution is 5.53. The van der Waals surface area contributed by atoms with Gasteiger partial charge < -0.3 is 15.3 Å². The molecular formula is C3H10N2O4. The van der Waals surface area contributed by atoms with E-state index in [1.807, 2.05) is 0 Å². The molecule has 0 aliphatic rings. The van der Waals surface area contributed by atoms with Crippen molar-refractivity contribution in [3.63, 3.8) is 0 Å². The SMILES string of the molecule is CC(O)NN.O=C(O)O. The van der Waals surface area contributed by atoms with E-state index in [-0.39, 0.29) is 0 Å². The quantitative estimate of drug-likeness (QED) is 0.180. The third kappa shape index (κ3) is 143. The molecule has 6 heteroatoms. The molecule has 0 amide bonds. The Labute approximate surface area is 51.9 Å². The molecule has 0 aliphatic carbocycles. The fourth-order valence-corrected chi connectivity index (χ4v) is 0. The summed E-state index contributed by atoms with van der Waals surface area (Å²) in [6.45, 7) is 1.54. The Morgan fingerprint density at radius 1 is 1.67 bits per heavy atom. The first-order valence-electron chi connectivity index (χ1n) is 2.06. The summed E-state index contributed by atoms with van der Waals surface area (Å²) in [4.78, 5) is 8.56. The molecule has 9 heavy (non-hydrogen) atoms. The Morgan fingerprint density at radius 2 is 1.78 bits per heavy atom. The maximum atomic E-state index is 8.56. The van der Waals surface area contributed by atoms with Gasteiger partial charge in [-0.2, -0.15) is 0 Å². The van der Waals surface area contributed by atoms with E-state index in [0.29, 0.717) is 0 Å². The third-order valence-electron chi connectivity index (χ3n) is 0.241. The highest BCUT2D eigenvalue weighted by Gasteiger charge is 1.79. The van der Waals surface area contributed by atoms with Gasteiger partial charge in [0, 0.05) is 0 Å². The highest BCUT2D eigenvalue weighted by Crippen LogP contribution is 1.57. The minimum absolute atomic E-state index is 0.588. The number of hydrogen-bond acceptors (Lipinski definition) is 4. The summed E-state index contributed by atoms with van der Waals surface area (Å²) in [6, 6.07) is 0. The van der Waals surface area contributed by atoms with Crippen molar-refractivity contribution in [2.24, 2.45) is 5.84 Å². The van der Waals surface area contributed by atoms with Crippen molar-refractivity contribution < 1.29 is 20.1 Å². The van der Waals surface area contributed by atoms with E-state index in [0.717, 1.165) is 0 Å². The normalized spacial score (nSPS) is 11.0. The second kappa shape index (κ2) is 7.15. The molecule has 0 fully saturated rings. The number of hydrazine groups is 1. The van der Waals surface area contributed by atoms with Crippen LogP contribution in [0.5, 0.6) is 0 Å². The molecule has 0 spiro atoms. The Bertz CT molecular complexity index is 70.2. The zero-order valence-corrected chi connectivity index (χ0v) is 4.90. The van der Waals surface area contributed by atoms with Crippen molar-refractivity contribution in [1.82, 2.24) is 5.43 Å². The van der Waals surface area contributed by atoms with Crippen molar-refractivity contribution in [2.45, 2.75) is 13.2 Å². The van der Waals surface area contributed by atoms with Gasteiger partial charge in [-0.3, -0.25) is 5.84 Å². The summed E-state index contributed by atoms with van der Waals surface area (Å²) >= 11 is 0. The number of carboxylic acid groups (broad SMARTS) is 2. The second-order valence-electron chi connectivity index (χ2n) is 1.13. The minimum atomic E-state index is -1.83. The van der Waals surface area contributed by atoms with E-state index >= 15 is 0 Å². The summed E-state index contributed by atoms with van der Waals surface area (Å²) in [5.74, 6) is 4.67. The number of hydrogen-bond donors (Lipinski definition) is 5. The Balaban J connectivity index is 0. The van der Waals surface area contributed by atoms with Crippen LogP contribution in [-0.2, 0) is 0 Å². The number of aliphatic hydroxyl groups is 1. The fraction of sp³-hybridized carbons (Fsp3) is 0.667. The minimum Gasteiger partial charge on any atom is -0.450 e. The monoisotopic (exact) mass is 138 g/mol. The van der Waals surface area contributed by atoms with Crippen LogP contribution in [0.2, 0.25) is 0 Å². The molecule has 0 saturated heterocycles. The van der Waals surface area contributed by atoms with Gasteiger partial charge in [0.25, 0.3) is 0 Å². The summed E-state index contributed by atoms with van der Waals surface area (Å²) in [7, 11) is 0. The maximum absolute atomic E-state index is 8.56. The van der Waals surface area contributed by atoms with Crippen LogP contribution in [-0.4, -0.2) is 27.7 Å². The molecule has 0 aromatic carbocycles. The van der Waals surface area contributed by atoms with Crippen LogP contribution in [0, 0.1) is 0 Å². The van der Waals surface area contributed by atoms with Crippen LogP contribution in [0.4, 0.5) is 4.79 Å².